The van der Waals surface area contributed by atoms with Crippen molar-refractivity contribution in [2.45, 2.75) is 18.9 Å². The number of nitro groups is 1. The number of benzene rings is 1. The molecule has 0 aliphatic carbocycles. The van der Waals surface area contributed by atoms with Crippen LogP contribution in [-0.4, -0.2) is 41.8 Å². The van der Waals surface area contributed by atoms with Crippen LogP contribution in [0.2, 0.25) is 0 Å². The number of nitro benzene ring substituents is 1. The summed E-state index contributed by atoms with van der Waals surface area (Å²) in [5.41, 5.74) is 0.701. The Kier molecular flexibility index (Phi) is 4.52. The molecule has 0 bridgehead atoms. The fourth-order valence-electron chi connectivity index (χ4n) is 2.34. The largest absolute Gasteiger partial charge is 0.480 e. The zero-order chi connectivity index (χ0) is 14.5. The van der Waals surface area contributed by atoms with Gasteiger partial charge in [0, 0.05) is 19.2 Å². The zero-order valence-corrected chi connectivity index (χ0v) is 10.9. The molecule has 1 heterocycles. The lowest BCUT2D eigenvalue weighted by molar-refractivity contribution is -0.384. The molecule has 108 valence electrons. The molecule has 1 aromatic carbocycles. The lowest BCUT2D eigenvalue weighted by atomic mass is 10.1. The van der Waals surface area contributed by atoms with Gasteiger partial charge in [-0.3, -0.25) is 10.1 Å². The van der Waals surface area contributed by atoms with Crippen LogP contribution < -0.4 is 4.90 Å². The second-order valence-corrected chi connectivity index (χ2v) is 4.64. The van der Waals surface area contributed by atoms with E-state index in [1.807, 2.05) is 4.90 Å². The first-order valence-electron chi connectivity index (χ1n) is 6.39. The highest BCUT2D eigenvalue weighted by molar-refractivity contribution is 5.68. The second kappa shape index (κ2) is 6.33. The van der Waals surface area contributed by atoms with Crippen LogP contribution in [0.15, 0.2) is 24.3 Å². The number of ether oxygens (including phenoxy) is 1. The molecule has 1 N–H and O–H groups in total. The standard InChI is InChI=1S/C13H16N2O5/c16-13(17)9-20-10-5-7-14(8-6-10)11-3-1-2-4-12(11)15(18)19/h1-4,10H,5-9H2,(H,16,17). The van der Waals surface area contributed by atoms with Gasteiger partial charge in [0.25, 0.3) is 5.69 Å². The number of piperidine rings is 1. The highest BCUT2D eigenvalue weighted by atomic mass is 16.6. The van der Waals surface area contributed by atoms with Crippen LogP contribution in [0.1, 0.15) is 12.8 Å². The van der Waals surface area contributed by atoms with Gasteiger partial charge in [0.05, 0.1) is 11.0 Å². The van der Waals surface area contributed by atoms with Gasteiger partial charge in [0.15, 0.2) is 0 Å². The molecule has 1 saturated heterocycles. The normalized spacial score (nSPS) is 16.1. The van der Waals surface area contributed by atoms with Gasteiger partial charge in [0.1, 0.15) is 12.3 Å². The molecule has 7 nitrogen and oxygen atoms in total. The molecule has 1 aliphatic rings. The predicted molar refractivity (Wildman–Crippen MR) is 71.9 cm³/mol. The molecule has 0 aromatic heterocycles. The van der Waals surface area contributed by atoms with Crippen LogP contribution in [-0.2, 0) is 9.53 Å². The number of hydrogen-bond acceptors (Lipinski definition) is 5. The third kappa shape index (κ3) is 3.45. The summed E-state index contributed by atoms with van der Waals surface area (Å²) < 4.78 is 5.25. The van der Waals surface area contributed by atoms with E-state index >= 15 is 0 Å². The summed E-state index contributed by atoms with van der Waals surface area (Å²) in [6.07, 6.45) is 1.24. The minimum Gasteiger partial charge on any atom is -0.480 e. The summed E-state index contributed by atoms with van der Waals surface area (Å²) in [6.45, 7) is 0.945. The Balaban J connectivity index is 1.97. The fourth-order valence-corrected chi connectivity index (χ4v) is 2.34. The Hall–Kier alpha value is -2.15. The van der Waals surface area contributed by atoms with Crippen LogP contribution in [0.25, 0.3) is 0 Å². The third-order valence-electron chi connectivity index (χ3n) is 3.30. The molecule has 0 saturated carbocycles. The van der Waals surface area contributed by atoms with Crippen molar-refractivity contribution in [1.29, 1.82) is 0 Å². The van der Waals surface area contributed by atoms with Crippen molar-refractivity contribution in [3.63, 3.8) is 0 Å². The van der Waals surface area contributed by atoms with Crippen LogP contribution in [0.5, 0.6) is 0 Å². The summed E-state index contributed by atoms with van der Waals surface area (Å²) in [5, 5.41) is 19.6. The third-order valence-corrected chi connectivity index (χ3v) is 3.30. The SMILES string of the molecule is O=C(O)COC1CCN(c2ccccc2[N+](=O)[O-])CC1. The maximum absolute atomic E-state index is 11.0. The van der Waals surface area contributed by atoms with Crippen LogP contribution in [0.4, 0.5) is 11.4 Å². The van der Waals surface area contributed by atoms with E-state index in [1.54, 1.807) is 18.2 Å². The Morgan fingerprint density at radius 3 is 2.65 bits per heavy atom. The first kappa shape index (κ1) is 14.3. The van der Waals surface area contributed by atoms with Crippen molar-refractivity contribution < 1.29 is 19.6 Å². The number of carboxylic acids is 1. The van der Waals surface area contributed by atoms with Gasteiger partial charge in [-0.25, -0.2) is 4.79 Å². The van der Waals surface area contributed by atoms with Gasteiger partial charge in [-0.15, -0.1) is 0 Å². The van der Waals surface area contributed by atoms with Crippen LogP contribution >= 0.6 is 0 Å². The summed E-state index contributed by atoms with van der Waals surface area (Å²) >= 11 is 0. The summed E-state index contributed by atoms with van der Waals surface area (Å²) in [6, 6.07) is 6.64. The van der Waals surface area contributed by atoms with Gasteiger partial charge in [-0.1, -0.05) is 12.1 Å². The number of carboxylic acid groups (broad SMARTS) is 1. The number of nitrogens with zero attached hydrogens (tertiary/aromatic N) is 2. The molecular weight excluding hydrogens is 264 g/mol. The Morgan fingerprint density at radius 2 is 2.05 bits per heavy atom. The molecule has 1 fully saturated rings. The van der Waals surface area contributed by atoms with E-state index in [0.717, 1.165) is 0 Å². The first-order valence-corrected chi connectivity index (χ1v) is 6.39. The minimum absolute atomic E-state index is 0.0925. The summed E-state index contributed by atoms with van der Waals surface area (Å²) in [5.74, 6) is -0.980. The molecule has 1 aliphatic heterocycles. The van der Waals surface area contributed by atoms with Gasteiger partial charge in [-0.05, 0) is 18.9 Å². The molecule has 0 radical (unpaired) electrons. The van der Waals surface area contributed by atoms with Crippen molar-refractivity contribution in [1.82, 2.24) is 0 Å². The van der Waals surface area contributed by atoms with Gasteiger partial charge in [-0.2, -0.15) is 0 Å². The van der Waals surface area contributed by atoms with E-state index < -0.39 is 5.97 Å². The monoisotopic (exact) mass is 280 g/mol. The Morgan fingerprint density at radius 1 is 1.40 bits per heavy atom. The molecule has 20 heavy (non-hydrogen) atoms. The predicted octanol–water partition coefficient (Wildman–Crippen LogP) is 1.66. The summed E-state index contributed by atoms with van der Waals surface area (Å²) in [4.78, 5) is 23.0. The fraction of sp³-hybridized carbons (Fsp3) is 0.462. The number of anilines is 1. The molecule has 0 spiro atoms. The lowest BCUT2D eigenvalue weighted by Crippen LogP contribution is -2.37. The van der Waals surface area contributed by atoms with Crippen molar-refractivity contribution in [2.24, 2.45) is 0 Å². The molecule has 7 heteroatoms. The Bertz CT molecular complexity index is 497. The maximum atomic E-state index is 11.0. The zero-order valence-electron chi connectivity index (χ0n) is 10.9. The molecule has 2 rings (SSSR count). The van der Waals surface area contributed by atoms with E-state index in [2.05, 4.69) is 0 Å². The number of para-hydroxylation sites is 2. The average molecular weight is 280 g/mol. The Labute approximate surface area is 115 Å². The molecule has 0 atom stereocenters. The van der Waals surface area contributed by atoms with E-state index in [0.29, 0.717) is 31.6 Å². The van der Waals surface area contributed by atoms with Gasteiger partial charge >= 0.3 is 5.97 Å². The molecule has 0 amide bonds. The number of hydrogen-bond donors (Lipinski definition) is 1. The maximum Gasteiger partial charge on any atom is 0.329 e. The van der Waals surface area contributed by atoms with Crippen molar-refractivity contribution in [3.8, 4) is 0 Å². The molecule has 1 aromatic rings. The van der Waals surface area contributed by atoms with E-state index in [4.69, 9.17) is 9.84 Å². The number of aliphatic carboxylic acids is 1. The highest BCUT2D eigenvalue weighted by Crippen LogP contribution is 2.30. The smallest absolute Gasteiger partial charge is 0.329 e. The molecular formula is C13H16N2O5. The summed E-state index contributed by atoms with van der Waals surface area (Å²) in [7, 11) is 0. The van der Waals surface area contributed by atoms with Gasteiger partial charge in [0.2, 0.25) is 0 Å². The molecule has 0 unspecified atom stereocenters. The highest BCUT2D eigenvalue weighted by Gasteiger charge is 2.24. The first-order chi connectivity index (χ1) is 9.58. The van der Waals surface area contributed by atoms with E-state index in [9.17, 15) is 14.9 Å². The number of rotatable bonds is 5. The van der Waals surface area contributed by atoms with E-state index in [-0.39, 0.29) is 23.3 Å². The van der Waals surface area contributed by atoms with Crippen molar-refractivity contribution in [2.75, 3.05) is 24.6 Å². The van der Waals surface area contributed by atoms with Gasteiger partial charge < -0.3 is 14.7 Å². The van der Waals surface area contributed by atoms with E-state index in [1.165, 1.54) is 6.07 Å². The minimum atomic E-state index is -0.980. The van der Waals surface area contributed by atoms with Crippen molar-refractivity contribution >= 4 is 17.3 Å². The van der Waals surface area contributed by atoms with Crippen LogP contribution in [0.3, 0.4) is 0 Å². The quantitative estimate of drug-likeness (QED) is 0.651. The average Bonchev–Trinajstić information content (AvgIpc) is 2.45. The van der Waals surface area contributed by atoms with Crippen molar-refractivity contribution in [3.05, 3.63) is 34.4 Å². The lowest BCUT2D eigenvalue weighted by Gasteiger charge is -2.32. The van der Waals surface area contributed by atoms with Crippen LogP contribution in [0, 0.1) is 10.1 Å². The number of carbonyl (C=O) groups is 1. The second-order valence-electron chi connectivity index (χ2n) is 4.64. The topological polar surface area (TPSA) is 92.9 Å².